The lowest BCUT2D eigenvalue weighted by atomic mass is 9.97. The smallest absolute Gasteiger partial charge is 0.164 e. The highest BCUT2D eigenvalue weighted by Gasteiger charge is 2.22. The number of fused-ring (bicyclic) bond motifs is 8. The Kier molecular flexibility index (Phi) is 7.16. The first kappa shape index (κ1) is 32.4. The topological polar surface area (TPSA) is 56.7 Å². The van der Waals surface area contributed by atoms with E-state index in [1.165, 1.54) is 32.3 Å². The van der Waals surface area contributed by atoms with Crippen molar-refractivity contribution in [3.63, 3.8) is 0 Å². The molecule has 0 spiro atoms. The highest BCUT2D eigenvalue weighted by Crippen LogP contribution is 2.44. The molecule has 12 aromatic rings. The Morgan fingerprint density at radius 3 is 1.72 bits per heavy atom. The second-order valence-electron chi connectivity index (χ2n) is 14.8. The molecule has 3 heterocycles. The standard InChI is InChI=1S/C53H32N4O/c1-3-15-34(16-4-1)51-54-52(35-17-5-2-6-18-35)56-53(55-51)42-23-13-25-48-49(42)45-32-40(31-43(50(45)58-48)39-27-26-33-14-7-8-19-36(33)28-39)57-46-24-12-11-22-41(46)44-29-37-20-9-10-21-38(37)30-47(44)57/h1-32H. The molecule has 0 radical (unpaired) electrons. The van der Waals surface area contributed by atoms with Crippen LogP contribution >= 0.6 is 0 Å². The van der Waals surface area contributed by atoms with Crippen molar-refractivity contribution in [2.45, 2.75) is 0 Å². The van der Waals surface area contributed by atoms with Crippen molar-refractivity contribution >= 4 is 65.3 Å². The molecule has 0 unspecified atom stereocenters. The van der Waals surface area contributed by atoms with E-state index in [-0.39, 0.29) is 0 Å². The van der Waals surface area contributed by atoms with Gasteiger partial charge in [0.1, 0.15) is 11.2 Å². The third-order valence-electron chi connectivity index (χ3n) is 11.4. The summed E-state index contributed by atoms with van der Waals surface area (Å²) in [6.07, 6.45) is 0. The minimum atomic E-state index is 0.585. The maximum absolute atomic E-state index is 6.97. The summed E-state index contributed by atoms with van der Waals surface area (Å²) in [5.74, 6) is 1.82. The van der Waals surface area contributed by atoms with E-state index in [2.05, 4.69) is 126 Å². The number of hydrogen-bond donors (Lipinski definition) is 0. The quantitative estimate of drug-likeness (QED) is 0.176. The molecular weight excluding hydrogens is 709 g/mol. The number of nitrogens with zero attached hydrogens (tertiary/aromatic N) is 4. The van der Waals surface area contributed by atoms with Crippen molar-refractivity contribution in [1.82, 2.24) is 19.5 Å². The third kappa shape index (κ3) is 5.14. The van der Waals surface area contributed by atoms with Gasteiger partial charge in [0.2, 0.25) is 0 Å². The van der Waals surface area contributed by atoms with E-state index >= 15 is 0 Å². The van der Waals surface area contributed by atoms with E-state index in [9.17, 15) is 0 Å². The zero-order valence-corrected chi connectivity index (χ0v) is 31.2. The largest absolute Gasteiger partial charge is 0.455 e. The lowest BCUT2D eigenvalue weighted by Crippen LogP contribution is -2.00. The van der Waals surface area contributed by atoms with Crippen LogP contribution in [0.15, 0.2) is 199 Å². The summed E-state index contributed by atoms with van der Waals surface area (Å²) >= 11 is 0. The van der Waals surface area contributed by atoms with E-state index < -0.39 is 0 Å². The van der Waals surface area contributed by atoms with Crippen molar-refractivity contribution < 1.29 is 4.42 Å². The summed E-state index contributed by atoms with van der Waals surface area (Å²) in [5, 5.41) is 9.15. The summed E-state index contributed by atoms with van der Waals surface area (Å²) in [4.78, 5) is 15.3. The van der Waals surface area contributed by atoms with Gasteiger partial charge in [-0.1, -0.05) is 152 Å². The van der Waals surface area contributed by atoms with E-state index in [0.717, 1.165) is 66.5 Å². The van der Waals surface area contributed by atoms with E-state index in [1.807, 2.05) is 72.8 Å². The average molecular weight is 741 g/mol. The Bertz CT molecular complexity index is 3510. The number of hydrogen-bond acceptors (Lipinski definition) is 4. The predicted molar refractivity (Wildman–Crippen MR) is 238 cm³/mol. The van der Waals surface area contributed by atoms with Gasteiger partial charge in [-0.25, -0.2) is 15.0 Å². The summed E-state index contributed by atoms with van der Waals surface area (Å²) in [7, 11) is 0. The van der Waals surface area contributed by atoms with Crippen molar-refractivity contribution in [2.24, 2.45) is 0 Å². The summed E-state index contributed by atoms with van der Waals surface area (Å²) in [6, 6.07) is 68.1. The van der Waals surface area contributed by atoms with Crippen LogP contribution in [0.4, 0.5) is 0 Å². The van der Waals surface area contributed by atoms with Gasteiger partial charge in [-0.2, -0.15) is 0 Å². The number of benzene rings is 9. The zero-order valence-electron chi connectivity index (χ0n) is 31.2. The molecule has 0 fully saturated rings. The van der Waals surface area contributed by atoms with Crippen LogP contribution in [0, 0.1) is 0 Å². The molecule has 58 heavy (non-hydrogen) atoms. The molecule has 0 saturated carbocycles. The van der Waals surface area contributed by atoms with Gasteiger partial charge >= 0.3 is 0 Å². The molecule has 0 aliphatic heterocycles. The summed E-state index contributed by atoms with van der Waals surface area (Å²) < 4.78 is 9.38. The van der Waals surface area contributed by atoms with Crippen LogP contribution < -0.4 is 0 Å². The highest BCUT2D eigenvalue weighted by molar-refractivity contribution is 6.17. The van der Waals surface area contributed by atoms with Crippen LogP contribution in [0.1, 0.15) is 0 Å². The van der Waals surface area contributed by atoms with Crippen molar-refractivity contribution in [2.75, 3.05) is 0 Å². The molecule has 0 amide bonds. The molecular formula is C53H32N4O. The van der Waals surface area contributed by atoms with Gasteiger partial charge < -0.3 is 8.98 Å². The Balaban J connectivity index is 1.19. The third-order valence-corrected chi connectivity index (χ3v) is 11.4. The van der Waals surface area contributed by atoms with Gasteiger partial charge in [-0.05, 0) is 69.6 Å². The minimum Gasteiger partial charge on any atom is -0.455 e. The fourth-order valence-corrected chi connectivity index (χ4v) is 8.66. The number of rotatable bonds is 5. The van der Waals surface area contributed by atoms with Crippen LogP contribution in [0.5, 0.6) is 0 Å². The zero-order chi connectivity index (χ0) is 38.2. The van der Waals surface area contributed by atoms with Crippen molar-refractivity contribution in [1.29, 1.82) is 0 Å². The van der Waals surface area contributed by atoms with Gasteiger partial charge in [0.05, 0.1) is 11.0 Å². The van der Waals surface area contributed by atoms with Crippen LogP contribution in [0.2, 0.25) is 0 Å². The van der Waals surface area contributed by atoms with Gasteiger partial charge in [0, 0.05) is 49.5 Å². The second kappa shape index (κ2) is 12.8. The Morgan fingerprint density at radius 1 is 0.362 bits per heavy atom. The lowest BCUT2D eigenvalue weighted by molar-refractivity contribution is 0.670. The van der Waals surface area contributed by atoms with Crippen molar-refractivity contribution in [3.8, 4) is 51.0 Å². The normalized spacial score (nSPS) is 11.8. The number of aromatic nitrogens is 4. The van der Waals surface area contributed by atoms with Gasteiger partial charge in [0.25, 0.3) is 0 Å². The molecule has 3 aromatic heterocycles. The van der Waals surface area contributed by atoms with Crippen LogP contribution in [-0.2, 0) is 0 Å². The van der Waals surface area contributed by atoms with Crippen LogP contribution in [0.25, 0.3) is 116 Å². The van der Waals surface area contributed by atoms with Crippen LogP contribution in [-0.4, -0.2) is 19.5 Å². The molecule has 0 aliphatic carbocycles. The Hall–Kier alpha value is -7.89. The molecule has 0 bridgehead atoms. The van der Waals surface area contributed by atoms with Crippen LogP contribution in [0.3, 0.4) is 0 Å². The Labute approximate surface area is 333 Å². The van der Waals surface area contributed by atoms with E-state index in [4.69, 9.17) is 19.4 Å². The molecule has 0 atom stereocenters. The summed E-state index contributed by atoms with van der Waals surface area (Å²) in [6.45, 7) is 0. The molecule has 9 aromatic carbocycles. The maximum Gasteiger partial charge on any atom is 0.164 e. The maximum atomic E-state index is 6.97. The molecule has 5 nitrogen and oxygen atoms in total. The number of para-hydroxylation sites is 1. The first-order valence-electron chi connectivity index (χ1n) is 19.5. The fourth-order valence-electron chi connectivity index (χ4n) is 8.66. The first-order chi connectivity index (χ1) is 28.7. The molecule has 0 aliphatic rings. The SMILES string of the molecule is c1ccc(-c2nc(-c3ccccc3)nc(-c3cccc4oc5c(-c6ccc7ccccc7c6)cc(-n6c7ccccc7c7cc8ccccc8cc76)cc5c34)n2)cc1. The number of furan rings is 1. The predicted octanol–water partition coefficient (Wildman–Crippen LogP) is 13.8. The first-order valence-corrected chi connectivity index (χ1v) is 19.5. The van der Waals surface area contributed by atoms with Gasteiger partial charge in [-0.3, -0.25) is 0 Å². The second-order valence-corrected chi connectivity index (χ2v) is 14.8. The summed E-state index contributed by atoms with van der Waals surface area (Å²) in [5.41, 5.74) is 9.73. The van der Waals surface area contributed by atoms with Gasteiger partial charge in [0.15, 0.2) is 17.5 Å². The molecule has 0 saturated heterocycles. The molecule has 12 rings (SSSR count). The minimum absolute atomic E-state index is 0.585. The molecule has 0 N–H and O–H groups in total. The van der Waals surface area contributed by atoms with E-state index in [1.54, 1.807) is 0 Å². The highest BCUT2D eigenvalue weighted by atomic mass is 16.3. The molecule has 270 valence electrons. The molecule has 5 heteroatoms. The van der Waals surface area contributed by atoms with Crippen molar-refractivity contribution in [3.05, 3.63) is 194 Å². The monoisotopic (exact) mass is 740 g/mol. The lowest BCUT2D eigenvalue weighted by Gasteiger charge is -2.13. The Morgan fingerprint density at radius 2 is 0.983 bits per heavy atom. The average Bonchev–Trinajstić information content (AvgIpc) is 3.83. The van der Waals surface area contributed by atoms with Gasteiger partial charge in [-0.15, -0.1) is 0 Å². The fraction of sp³-hybridized carbons (Fsp3) is 0. The van der Waals surface area contributed by atoms with E-state index in [0.29, 0.717) is 17.5 Å².